The molecule has 1 amide bonds. The number of aromatic nitrogens is 2. The summed E-state index contributed by atoms with van der Waals surface area (Å²) in [6.45, 7) is 7.07. The van der Waals surface area contributed by atoms with Crippen LogP contribution in [0.1, 0.15) is 33.6 Å². The van der Waals surface area contributed by atoms with E-state index < -0.39 is 5.60 Å². The van der Waals surface area contributed by atoms with E-state index in [1.807, 2.05) is 20.8 Å². The van der Waals surface area contributed by atoms with E-state index in [2.05, 4.69) is 20.4 Å². The second kappa shape index (κ2) is 6.15. The number of alkyl carbamates (subject to hydrolysis) is 1. The van der Waals surface area contributed by atoms with Gasteiger partial charge in [0.1, 0.15) is 5.60 Å². The molecule has 1 fully saturated rings. The lowest BCUT2D eigenvalue weighted by Crippen LogP contribution is -2.46. The minimum Gasteiger partial charge on any atom is -0.444 e. The Morgan fingerprint density at radius 2 is 2.10 bits per heavy atom. The quantitative estimate of drug-likeness (QED) is 0.857. The molecule has 0 aromatic carbocycles. The minimum atomic E-state index is -0.485. The van der Waals surface area contributed by atoms with Gasteiger partial charge in [-0.3, -0.25) is 4.79 Å². The molecule has 21 heavy (non-hydrogen) atoms. The fourth-order valence-corrected chi connectivity index (χ4v) is 2.30. The number of amides is 1. The number of piperidine rings is 1. The second-order valence-electron chi connectivity index (χ2n) is 6.21. The van der Waals surface area contributed by atoms with E-state index in [4.69, 9.17) is 4.74 Å². The van der Waals surface area contributed by atoms with Crippen molar-refractivity contribution in [3.63, 3.8) is 0 Å². The maximum atomic E-state index is 11.7. The highest BCUT2D eigenvalue weighted by molar-refractivity contribution is 5.68. The molecule has 0 spiro atoms. The highest BCUT2D eigenvalue weighted by Gasteiger charge is 2.23. The van der Waals surface area contributed by atoms with Crippen molar-refractivity contribution in [1.29, 1.82) is 0 Å². The zero-order valence-corrected chi connectivity index (χ0v) is 12.7. The maximum Gasteiger partial charge on any atom is 0.407 e. The summed E-state index contributed by atoms with van der Waals surface area (Å²) in [7, 11) is 0. The monoisotopic (exact) mass is 294 g/mol. The van der Waals surface area contributed by atoms with E-state index in [9.17, 15) is 9.59 Å². The Morgan fingerprint density at radius 3 is 2.67 bits per heavy atom. The van der Waals surface area contributed by atoms with Crippen molar-refractivity contribution in [2.24, 2.45) is 0 Å². The van der Waals surface area contributed by atoms with Crippen LogP contribution in [0.3, 0.4) is 0 Å². The van der Waals surface area contributed by atoms with Gasteiger partial charge in [-0.1, -0.05) is 0 Å². The number of anilines is 1. The fraction of sp³-hybridized carbons (Fsp3) is 0.643. The van der Waals surface area contributed by atoms with Gasteiger partial charge in [-0.05, 0) is 33.6 Å². The van der Waals surface area contributed by atoms with Crippen molar-refractivity contribution in [2.75, 3.05) is 18.0 Å². The first kappa shape index (κ1) is 15.3. The van der Waals surface area contributed by atoms with Crippen LogP contribution >= 0.6 is 0 Å². The Hall–Kier alpha value is -2.05. The third-order valence-electron chi connectivity index (χ3n) is 3.23. The molecule has 0 radical (unpaired) electrons. The number of carbonyl (C=O) groups excluding carboxylic acids is 1. The van der Waals surface area contributed by atoms with Crippen LogP contribution in [0.5, 0.6) is 0 Å². The lowest BCUT2D eigenvalue weighted by molar-refractivity contribution is 0.0497. The van der Waals surface area contributed by atoms with Gasteiger partial charge in [-0.2, -0.15) is 5.10 Å². The molecule has 0 bridgehead atoms. The van der Waals surface area contributed by atoms with Crippen molar-refractivity contribution in [2.45, 2.75) is 45.3 Å². The molecule has 2 rings (SSSR count). The third-order valence-corrected chi connectivity index (χ3v) is 3.23. The average molecular weight is 294 g/mol. The summed E-state index contributed by atoms with van der Waals surface area (Å²) in [6, 6.07) is 1.64. The van der Waals surface area contributed by atoms with Crippen LogP contribution in [0, 0.1) is 0 Å². The van der Waals surface area contributed by atoms with E-state index in [-0.39, 0.29) is 17.7 Å². The van der Waals surface area contributed by atoms with Gasteiger partial charge in [-0.15, -0.1) is 0 Å². The van der Waals surface area contributed by atoms with Crippen LogP contribution in [0.2, 0.25) is 0 Å². The zero-order chi connectivity index (χ0) is 15.5. The normalized spacial score (nSPS) is 16.6. The topological polar surface area (TPSA) is 87.3 Å². The van der Waals surface area contributed by atoms with E-state index in [0.29, 0.717) is 0 Å². The van der Waals surface area contributed by atoms with Crippen molar-refractivity contribution >= 4 is 11.8 Å². The van der Waals surface area contributed by atoms with E-state index in [1.54, 1.807) is 6.20 Å². The van der Waals surface area contributed by atoms with Crippen molar-refractivity contribution in [1.82, 2.24) is 15.5 Å². The standard InChI is InChI=1S/C14H22N4O3/c1-14(2,3)21-13(20)16-10-4-6-18(7-5-10)11-8-12(19)17-15-9-11/h8-10H,4-7H2,1-3H3,(H,16,20)(H,17,19). The van der Waals surface area contributed by atoms with Crippen molar-refractivity contribution in [3.05, 3.63) is 22.6 Å². The number of hydrogen-bond donors (Lipinski definition) is 2. The summed E-state index contributed by atoms with van der Waals surface area (Å²) >= 11 is 0. The number of ether oxygens (including phenoxy) is 1. The van der Waals surface area contributed by atoms with Crippen LogP contribution < -0.4 is 15.8 Å². The molecule has 1 aliphatic rings. The molecule has 1 aromatic rings. The lowest BCUT2D eigenvalue weighted by atomic mass is 10.0. The number of nitrogens with one attached hydrogen (secondary N) is 2. The summed E-state index contributed by atoms with van der Waals surface area (Å²) in [5, 5.41) is 9.05. The van der Waals surface area contributed by atoms with Gasteiger partial charge < -0.3 is 15.0 Å². The molecule has 1 aromatic heterocycles. The smallest absolute Gasteiger partial charge is 0.407 e. The predicted octanol–water partition coefficient (Wildman–Crippen LogP) is 1.26. The average Bonchev–Trinajstić information content (AvgIpc) is 2.37. The fourth-order valence-electron chi connectivity index (χ4n) is 2.30. The highest BCUT2D eigenvalue weighted by atomic mass is 16.6. The largest absolute Gasteiger partial charge is 0.444 e. The van der Waals surface area contributed by atoms with E-state index >= 15 is 0 Å². The van der Waals surface area contributed by atoms with Gasteiger partial charge in [0.2, 0.25) is 0 Å². The first-order valence-electron chi connectivity index (χ1n) is 7.13. The summed E-state index contributed by atoms with van der Waals surface area (Å²) in [4.78, 5) is 25.1. The predicted molar refractivity (Wildman–Crippen MR) is 79.5 cm³/mol. The molecule has 7 heteroatoms. The SMILES string of the molecule is CC(C)(C)OC(=O)NC1CCN(c2cn[nH]c(=O)c2)CC1. The van der Waals surface area contributed by atoms with Gasteiger partial charge in [0.25, 0.3) is 5.56 Å². The summed E-state index contributed by atoms with van der Waals surface area (Å²) in [6.07, 6.45) is 2.89. The molecule has 1 aliphatic heterocycles. The van der Waals surface area contributed by atoms with Crippen LogP contribution in [0.4, 0.5) is 10.5 Å². The molecule has 1 saturated heterocycles. The molecule has 2 heterocycles. The van der Waals surface area contributed by atoms with Crippen molar-refractivity contribution in [3.8, 4) is 0 Å². The molecular formula is C14H22N4O3. The van der Waals surface area contributed by atoms with E-state index in [1.165, 1.54) is 6.07 Å². The minimum absolute atomic E-state index is 0.103. The number of hydrogen-bond acceptors (Lipinski definition) is 5. The first-order valence-corrected chi connectivity index (χ1v) is 7.13. The van der Waals surface area contributed by atoms with Crippen LogP contribution in [0.25, 0.3) is 0 Å². The first-order chi connectivity index (χ1) is 9.83. The van der Waals surface area contributed by atoms with Gasteiger partial charge >= 0.3 is 6.09 Å². The van der Waals surface area contributed by atoms with Gasteiger partial charge in [0.15, 0.2) is 0 Å². The molecule has 7 nitrogen and oxygen atoms in total. The Balaban J connectivity index is 1.83. The summed E-state index contributed by atoms with van der Waals surface area (Å²) in [5.74, 6) is 0. The molecule has 116 valence electrons. The Kier molecular flexibility index (Phi) is 4.50. The summed E-state index contributed by atoms with van der Waals surface area (Å²) in [5.41, 5.74) is 0.123. The Labute approximate surface area is 123 Å². The zero-order valence-electron chi connectivity index (χ0n) is 12.7. The highest BCUT2D eigenvalue weighted by Crippen LogP contribution is 2.18. The number of rotatable bonds is 2. The Morgan fingerprint density at radius 1 is 1.43 bits per heavy atom. The van der Waals surface area contributed by atoms with Crippen molar-refractivity contribution < 1.29 is 9.53 Å². The second-order valence-corrected chi connectivity index (χ2v) is 6.21. The molecule has 0 aliphatic carbocycles. The Bertz CT molecular complexity index is 542. The van der Waals surface area contributed by atoms with Crippen LogP contribution in [-0.4, -0.2) is 41.0 Å². The number of aromatic amines is 1. The molecule has 2 N–H and O–H groups in total. The molecule has 0 atom stereocenters. The third kappa shape index (κ3) is 4.77. The molecule has 0 unspecified atom stereocenters. The summed E-state index contributed by atoms with van der Waals surface area (Å²) < 4.78 is 5.25. The lowest BCUT2D eigenvalue weighted by Gasteiger charge is -2.33. The van der Waals surface area contributed by atoms with Gasteiger partial charge in [0, 0.05) is 25.2 Å². The van der Waals surface area contributed by atoms with E-state index in [0.717, 1.165) is 31.6 Å². The van der Waals surface area contributed by atoms with Gasteiger partial charge in [0.05, 0.1) is 11.9 Å². The number of nitrogens with zero attached hydrogens (tertiary/aromatic N) is 2. The molecular weight excluding hydrogens is 272 g/mol. The number of carbonyl (C=O) groups is 1. The molecule has 0 saturated carbocycles. The maximum absolute atomic E-state index is 11.7. The van der Waals surface area contributed by atoms with Crippen LogP contribution in [-0.2, 0) is 4.74 Å². The van der Waals surface area contributed by atoms with Gasteiger partial charge in [-0.25, -0.2) is 9.89 Å². The van der Waals surface area contributed by atoms with Crippen LogP contribution in [0.15, 0.2) is 17.1 Å². The number of H-pyrrole nitrogens is 1.